The van der Waals surface area contributed by atoms with E-state index in [4.69, 9.17) is 0 Å². The van der Waals surface area contributed by atoms with Crippen LogP contribution in [0.4, 0.5) is 0 Å². The first-order chi connectivity index (χ1) is 12.1. The highest BCUT2D eigenvalue weighted by atomic mass is 16.2. The average molecular weight is 342 g/mol. The molecule has 1 atom stereocenters. The summed E-state index contributed by atoms with van der Waals surface area (Å²) in [7, 11) is 0. The molecule has 0 radical (unpaired) electrons. The Kier molecular flexibility index (Phi) is 5.77. The Morgan fingerprint density at radius 1 is 1.12 bits per heavy atom. The van der Waals surface area contributed by atoms with Crippen molar-refractivity contribution in [2.45, 2.75) is 82.8 Å². The normalized spacial score (nSPS) is 25.5. The zero-order valence-electron chi connectivity index (χ0n) is 15.3. The van der Waals surface area contributed by atoms with Gasteiger partial charge in [-0.25, -0.2) is 0 Å². The van der Waals surface area contributed by atoms with Crippen LogP contribution in [0.15, 0.2) is 30.3 Å². The largest absolute Gasteiger partial charge is 0.351 e. The lowest BCUT2D eigenvalue weighted by Crippen LogP contribution is -2.56. The van der Waals surface area contributed by atoms with Gasteiger partial charge < -0.3 is 10.2 Å². The molecule has 1 aliphatic heterocycles. The van der Waals surface area contributed by atoms with Gasteiger partial charge in [-0.3, -0.25) is 9.59 Å². The number of hydrogen-bond donors (Lipinski definition) is 1. The molecule has 0 bridgehead atoms. The lowest BCUT2D eigenvalue weighted by atomic mass is 9.93. The van der Waals surface area contributed by atoms with Crippen LogP contribution in [0, 0.1) is 0 Å². The van der Waals surface area contributed by atoms with Crippen molar-refractivity contribution in [1.29, 1.82) is 0 Å². The van der Waals surface area contributed by atoms with Crippen molar-refractivity contribution in [3.63, 3.8) is 0 Å². The molecule has 1 aliphatic carbocycles. The van der Waals surface area contributed by atoms with E-state index in [9.17, 15) is 9.59 Å². The highest BCUT2D eigenvalue weighted by Gasteiger charge is 2.47. The monoisotopic (exact) mass is 342 g/mol. The van der Waals surface area contributed by atoms with E-state index in [2.05, 4.69) is 5.32 Å². The van der Waals surface area contributed by atoms with Crippen LogP contribution in [-0.4, -0.2) is 28.3 Å². The molecule has 1 heterocycles. The summed E-state index contributed by atoms with van der Waals surface area (Å²) in [5.74, 6) is 0.110. The number of likely N-dealkylation sites (tertiary alicyclic amines) is 1. The Hall–Kier alpha value is -1.84. The van der Waals surface area contributed by atoms with E-state index in [1.165, 1.54) is 32.1 Å². The topological polar surface area (TPSA) is 49.4 Å². The summed E-state index contributed by atoms with van der Waals surface area (Å²) >= 11 is 0. The Labute approximate surface area is 151 Å². The molecule has 0 spiro atoms. The number of carbonyl (C=O) groups excluding carboxylic acids is 2. The summed E-state index contributed by atoms with van der Waals surface area (Å²) in [4.78, 5) is 27.3. The van der Waals surface area contributed by atoms with Gasteiger partial charge in [-0.2, -0.15) is 0 Å². The predicted octanol–water partition coefficient (Wildman–Crippen LogP) is 3.80. The molecule has 3 rings (SSSR count). The Morgan fingerprint density at radius 3 is 2.44 bits per heavy atom. The van der Waals surface area contributed by atoms with Gasteiger partial charge in [0, 0.05) is 19.0 Å². The number of carbonyl (C=O) groups is 2. The zero-order chi connectivity index (χ0) is 17.7. The first-order valence-electron chi connectivity index (χ1n) is 9.75. The highest BCUT2D eigenvalue weighted by Crippen LogP contribution is 2.32. The van der Waals surface area contributed by atoms with Gasteiger partial charge >= 0.3 is 0 Å². The molecule has 4 nitrogen and oxygen atoms in total. The van der Waals surface area contributed by atoms with Gasteiger partial charge in [-0.1, -0.05) is 62.4 Å². The third-order valence-electron chi connectivity index (χ3n) is 5.84. The maximum absolute atomic E-state index is 13.1. The van der Waals surface area contributed by atoms with Gasteiger partial charge in [0.2, 0.25) is 11.8 Å². The second-order valence-corrected chi connectivity index (χ2v) is 7.75. The minimum absolute atomic E-state index is 0.0276. The first kappa shape index (κ1) is 18.0. The van der Waals surface area contributed by atoms with Crippen molar-refractivity contribution in [2.24, 2.45) is 0 Å². The van der Waals surface area contributed by atoms with Crippen LogP contribution in [0.3, 0.4) is 0 Å². The molecular formula is C21H30N2O2. The van der Waals surface area contributed by atoms with Crippen molar-refractivity contribution in [1.82, 2.24) is 10.2 Å². The predicted molar refractivity (Wildman–Crippen MR) is 98.9 cm³/mol. The third-order valence-corrected chi connectivity index (χ3v) is 5.84. The summed E-state index contributed by atoms with van der Waals surface area (Å²) < 4.78 is 0. The lowest BCUT2D eigenvalue weighted by molar-refractivity contribution is -0.141. The molecule has 1 N–H and O–H groups in total. The van der Waals surface area contributed by atoms with Crippen LogP contribution in [0.5, 0.6) is 0 Å². The van der Waals surface area contributed by atoms with E-state index in [-0.39, 0.29) is 17.9 Å². The number of amides is 2. The number of nitrogens with zero attached hydrogens (tertiary/aromatic N) is 1. The van der Waals surface area contributed by atoms with Gasteiger partial charge in [0.25, 0.3) is 0 Å². The Balaban J connectivity index is 1.68. The van der Waals surface area contributed by atoms with E-state index in [0.29, 0.717) is 19.4 Å². The quantitative estimate of drug-likeness (QED) is 0.905. The standard InChI is InChI=1S/C21H30N2O2/c1-21(20(25)22-18-12-8-3-2-4-9-13-18)15-14-19(24)23(21)16-17-10-6-5-7-11-17/h5-7,10-11,18H,2-4,8-9,12-16H2,1H3,(H,22,25)/t21-/m1/s1. The average Bonchev–Trinajstić information content (AvgIpc) is 2.88. The van der Waals surface area contributed by atoms with E-state index >= 15 is 0 Å². The minimum Gasteiger partial charge on any atom is -0.351 e. The summed E-state index contributed by atoms with van der Waals surface area (Å²) in [5, 5.41) is 3.27. The Bertz CT molecular complexity index is 593. The SMILES string of the molecule is C[C@]1(C(=O)NC2CCCCCCC2)CCC(=O)N1Cc1ccccc1. The van der Waals surface area contributed by atoms with Crippen molar-refractivity contribution in [3.05, 3.63) is 35.9 Å². The maximum Gasteiger partial charge on any atom is 0.245 e. The minimum atomic E-state index is -0.727. The van der Waals surface area contributed by atoms with E-state index in [1.54, 1.807) is 4.90 Å². The van der Waals surface area contributed by atoms with Gasteiger partial charge in [-0.15, -0.1) is 0 Å². The first-order valence-corrected chi connectivity index (χ1v) is 9.75. The van der Waals surface area contributed by atoms with Crippen LogP contribution in [0.1, 0.15) is 70.3 Å². The van der Waals surface area contributed by atoms with Crippen molar-refractivity contribution in [3.8, 4) is 0 Å². The molecule has 4 heteroatoms. The molecule has 136 valence electrons. The van der Waals surface area contributed by atoms with E-state index < -0.39 is 5.54 Å². The number of rotatable bonds is 4. The van der Waals surface area contributed by atoms with E-state index in [0.717, 1.165) is 18.4 Å². The molecule has 1 saturated carbocycles. The fraction of sp³-hybridized carbons (Fsp3) is 0.619. The fourth-order valence-electron chi connectivity index (χ4n) is 4.10. The smallest absolute Gasteiger partial charge is 0.245 e. The molecule has 1 aromatic carbocycles. The molecule has 2 aliphatic rings. The number of benzene rings is 1. The van der Waals surface area contributed by atoms with Crippen molar-refractivity contribution in [2.75, 3.05) is 0 Å². The molecule has 2 fully saturated rings. The third kappa shape index (κ3) is 4.23. The molecule has 0 unspecified atom stereocenters. The second-order valence-electron chi connectivity index (χ2n) is 7.75. The summed E-state index contributed by atoms with van der Waals surface area (Å²) in [5.41, 5.74) is 0.345. The highest BCUT2D eigenvalue weighted by molar-refractivity contribution is 5.94. The lowest BCUT2D eigenvalue weighted by Gasteiger charge is -2.35. The summed E-state index contributed by atoms with van der Waals surface area (Å²) in [6.07, 6.45) is 9.42. The molecule has 0 aromatic heterocycles. The second kappa shape index (κ2) is 8.03. The van der Waals surface area contributed by atoms with Crippen molar-refractivity contribution >= 4 is 11.8 Å². The summed E-state index contributed by atoms with van der Waals surface area (Å²) in [6, 6.07) is 10.2. The van der Waals surface area contributed by atoms with Crippen LogP contribution < -0.4 is 5.32 Å². The zero-order valence-corrected chi connectivity index (χ0v) is 15.3. The van der Waals surface area contributed by atoms with Gasteiger partial charge in [-0.05, 0) is 31.7 Å². The van der Waals surface area contributed by atoms with E-state index in [1.807, 2.05) is 37.3 Å². The molecular weight excluding hydrogens is 312 g/mol. The molecule has 1 aromatic rings. The number of nitrogens with one attached hydrogen (secondary N) is 1. The van der Waals surface area contributed by atoms with Crippen molar-refractivity contribution < 1.29 is 9.59 Å². The molecule has 25 heavy (non-hydrogen) atoms. The fourth-order valence-corrected chi connectivity index (χ4v) is 4.10. The number of hydrogen-bond acceptors (Lipinski definition) is 2. The van der Waals surface area contributed by atoms with Crippen LogP contribution in [0.25, 0.3) is 0 Å². The van der Waals surface area contributed by atoms with Gasteiger partial charge in [0.05, 0.1) is 0 Å². The summed E-state index contributed by atoms with van der Waals surface area (Å²) in [6.45, 7) is 2.44. The maximum atomic E-state index is 13.1. The van der Waals surface area contributed by atoms with Crippen LogP contribution in [-0.2, 0) is 16.1 Å². The molecule has 1 saturated heterocycles. The van der Waals surface area contributed by atoms with Crippen LogP contribution in [0.2, 0.25) is 0 Å². The molecule has 2 amide bonds. The van der Waals surface area contributed by atoms with Gasteiger partial charge in [0.1, 0.15) is 5.54 Å². The Morgan fingerprint density at radius 2 is 1.76 bits per heavy atom. The van der Waals surface area contributed by atoms with Gasteiger partial charge in [0.15, 0.2) is 0 Å². The van der Waals surface area contributed by atoms with Crippen LogP contribution >= 0.6 is 0 Å².